The molecule has 5 fully saturated rings. The van der Waals surface area contributed by atoms with Gasteiger partial charge in [-0.25, -0.2) is 4.79 Å². The first-order valence-electron chi connectivity index (χ1n) is 11.9. The Morgan fingerprint density at radius 1 is 1.29 bits per heavy atom. The zero-order chi connectivity index (χ0) is 21.6. The molecule has 31 heavy (non-hydrogen) atoms. The number of hydrogen-bond donors (Lipinski definition) is 2. The summed E-state index contributed by atoms with van der Waals surface area (Å²) in [5, 5.41) is 6.39. The van der Waals surface area contributed by atoms with Gasteiger partial charge in [0.1, 0.15) is 0 Å². The van der Waals surface area contributed by atoms with Crippen LogP contribution in [0.4, 0.5) is 4.79 Å². The molecule has 2 heterocycles. The van der Waals surface area contributed by atoms with E-state index in [0.29, 0.717) is 36.2 Å². The first kappa shape index (κ1) is 21.3. The number of carbonyl (C=O) groups excluding carboxylic acids is 1. The van der Waals surface area contributed by atoms with Crippen molar-refractivity contribution < 1.29 is 18.8 Å². The maximum atomic E-state index is 12.7. The topological polar surface area (TPSA) is 68.8 Å². The molecule has 6 nitrogen and oxygen atoms in total. The van der Waals surface area contributed by atoms with Gasteiger partial charge < -0.3 is 24.7 Å². The summed E-state index contributed by atoms with van der Waals surface area (Å²) in [7, 11) is -0.467. The molecule has 0 spiro atoms. The lowest BCUT2D eigenvalue weighted by Gasteiger charge is -2.64. The Bertz CT molecular complexity index is 800. The smallest absolute Gasteiger partial charge is 0.449 e. The minimum absolute atomic E-state index is 0.0925. The van der Waals surface area contributed by atoms with Crippen LogP contribution in [0.25, 0.3) is 0 Å². The van der Waals surface area contributed by atoms with Crippen LogP contribution in [0.5, 0.6) is 0 Å². The van der Waals surface area contributed by atoms with Gasteiger partial charge in [-0.2, -0.15) is 0 Å². The predicted molar refractivity (Wildman–Crippen MR) is 120 cm³/mol. The zero-order valence-electron chi connectivity index (χ0n) is 18.9. The molecule has 2 N–H and O–H groups in total. The van der Waals surface area contributed by atoms with Crippen molar-refractivity contribution in [2.24, 2.45) is 23.2 Å². The van der Waals surface area contributed by atoms with Crippen molar-refractivity contribution in [1.82, 2.24) is 10.6 Å². The molecule has 1 aromatic rings. The highest BCUT2D eigenvalue weighted by Gasteiger charge is 2.68. The lowest BCUT2D eigenvalue weighted by atomic mass is 9.43. The molecule has 2 saturated heterocycles. The highest BCUT2D eigenvalue weighted by Crippen LogP contribution is 2.65. The summed E-state index contributed by atoms with van der Waals surface area (Å²) in [6.07, 6.45) is 3.65. The largest absolute Gasteiger partial charge is 0.482 e. The molecule has 7 heteroatoms. The van der Waals surface area contributed by atoms with Gasteiger partial charge in [-0.1, -0.05) is 44.2 Å². The average molecular weight is 426 g/mol. The summed E-state index contributed by atoms with van der Waals surface area (Å²) < 4.78 is 18.7. The summed E-state index contributed by atoms with van der Waals surface area (Å²) in [5.74, 6) is 1.30. The fourth-order valence-corrected chi connectivity index (χ4v) is 6.40. The Balaban J connectivity index is 1.28. The van der Waals surface area contributed by atoms with Crippen LogP contribution in [0, 0.1) is 23.2 Å². The molecule has 3 saturated carbocycles. The molecule has 2 bridgehead atoms. The van der Waals surface area contributed by atoms with Crippen molar-refractivity contribution in [3.63, 3.8) is 0 Å². The van der Waals surface area contributed by atoms with Gasteiger partial charge in [0, 0.05) is 12.5 Å². The molecule has 1 aromatic carbocycles. The maximum Gasteiger partial charge on any atom is 0.482 e. The Morgan fingerprint density at radius 2 is 2.10 bits per heavy atom. The Kier molecular flexibility index (Phi) is 5.56. The Hall–Kier alpha value is -1.57. The molecule has 1 amide bonds. The van der Waals surface area contributed by atoms with Gasteiger partial charge >= 0.3 is 13.2 Å². The molecule has 168 valence electrons. The van der Waals surface area contributed by atoms with Crippen LogP contribution in [0.2, 0.25) is 0 Å². The molecule has 2 aliphatic heterocycles. The lowest BCUT2D eigenvalue weighted by Crippen LogP contribution is -2.65. The lowest BCUT2D eigenvalue weighted by molar-refractivity contribution is -0.199. The number of alkyl carbamates (subject to hydrolysis) is 1. The van der Waals surface area contributed by atoms with Crippen molar-refractivity contribution in [3.8, 4) is 0 Å². The van der Waals surface area contributed by atoms with Gasteiger partial charge in [0.15, 0.2) is 0 Å². The Morgan fingerprint density at radius 3 is 2.81 bits per heavy atom. The predicted octanol–water partition coefficient (Wildman–Crippen LogP) is 3.20. The molecule has 6 atom stereocenters. The van der Waals surface area contributed by atoms with E-state index in [0.717, 1.165) is 31.5 Å². The van der Waals surface area contributed by atoms with Crippen molar-refractivity contribution in [2.45, 2.75) is 64.1 Å². The highest BCUT2D eigenvalue weighted by atomic mass is 16.7. The second-order valence-electron chi connectivity index (χ2n) is 10.7. The second kappa shape index (κ2) is 8.09. The quantitative estimate of drug-likeness (QED) is 0.684. The van der Waals surface area contributed by atoms with E-state index in [1.807, 2.05) is 18.2 Å². The van der Waals surface area contributed by atoms with E-state index in [1.54, 1.807) is 0 Å². The van der Waals surface area contributed by atoms with Gasteiger partial charge in [-0.15, -0.1) is 0 Å². The van der Waals surface area contributed by atoms with Gasteiger partial charge in [0.25, 0.3) is 0 Å². The monoisotopic (exact) mass is 426 g/mol. The van der Waals surface area contributed by atoms with Crippen LogP contribution in [0.3, 0.4) is 0 Å². The minimum atomic E-state index is -0.467. The maximum absolute atomic E-state index is 12.7. The zero-order valence-corrected chi connectivity index (χ0v) is 18.9. The summed E-state index contributed by atoms with van der Waals surface area (Å²) in [4.78, 5) is 12.7. The first-order valence-corrected chi connectivity index (χ1v) is 11.9. The summed E-state index contributed by atoms with van der Waals surface area (Å²) in [6.45, 7) is 9.28. The van der Waals surface area contributed by atoms with Crippen LogP contribution < -0.4 is 10.6 Å². The average Bonchev–Trinajstić information content (AvgIpc) is 3.39. The summed E-state index contributed by atoms with van der Waals surface area (Å²) in [6, 6.07) is 10.2. The van der Waals surface area contributed by atoms with E-state index in [1.165, 1.54) is 6.42 Å². The number of amides is 1. The van der Waals surface area contributed by atoms with Crippen molar-refractivity contribution in [3.05, 3.63) is 35.9 Å². The summed E-state index contributed by atoms with van der Waals surface area (Å²) >= 11 is 0. The second-order valence-corrected chi connectivity index (χ2v) is 10.7. The summed E-state index contributed by atoms with van der Waals surface area (Å²) in [5.41, 5.74) is 1.14. The number of rotatable bonds is 6. The SMILES string of the molecule is CC1(C)[C@@H]2C[C@H]3OB([C@H](Cc4ccccc4)NC(=O)OCC4CCNC4)O[C@@]3(C)[C@H]1C2. The molecule has 0 aromatic heterocycles. The van der Waals surface area contributed by atoms with Gasteiger partial charge in [-0.3, -0.25) is 0 Å². The third kappa shape index (κ3) is 3.89. The molecule has 0 radical (unpaired) electrons. The molecule has 6 rings (SSSR count). The fourth-order valence-electron chi connectivity index (χ4n) is 6.40. The van der Waals surface area contributed by atoms with E-state index < -0.39 is 7.12 Å². The highest BCUT2D eigenvalue weighted by molar-refractivity contribution is 6.47. The van der Waals surface area contributed by atoms with Gasteiger partial charge in [0.05, 0.1) is 24.3 Å². The van der Waals surface area contributed by atoms with Crippen molar-refractivity contribution >= 4 is 13.2 Å². The minimum Gasteiger partial charge on any atom is -0.449 e. The van der Waals surface area contributed by atoms with Crippen molar-refractivity contribution in [1.29, 1.82) is 0 Å². The Labute approximate surface area is 185 Å². The normalized spacial score (nSPS) is 36.4. The molecular formula is C24H35BN2O4. The molecule has 1 unspecified atom stereocenters. The van der Waals surface area contributed by atoms with E-state index in [2.05, 4.69) is 43.5 Å². The van der Waals surface area contributed by atoms with Crippen molar-refractivity contribution in [2.75, 3.05) is 19.7 Å². The van der Waals surface area contributed by atoms with Crippen LogP contribution in [-0.4, -0.2) is 50.6 Å². The molecule has 3 aliphatic carbocycles. The number of hydrogen-bond acceptors (Lipinski definition) is 5. The van der Waals surface area contributed by atoms with E-state index in [4.69, 9.17) is 14.0 Å². The number of benzene rings is 1. The van der Waals surface area contributed by atoms with Crippen LogP contribution >= 0.6 is 0 Å². The van der Waals surface area contributed by atoms with E-state index >= 15 is 0 Å². The third-order valence-corrected chi connectivity index (χ3v) is 8.51. The first-order chi connectivity index (χ1) is 14.9. The van der Waals surface area contributed by atoms with Crippen LogP contribution in [-0.2, 0) is 20.5 Å². The fraction of sp³-hybridized carbons (Fsp3) is 0.708. The number of carbonyl (C=O) groups is 1. The van der Waals surface area contributed by atoms with Gasteiger partial charge in [-0.05, 0) is 62.0 Å². The van der Waals surface area contributed by atoms with Gasteiger partial charge in [0.2, 0.25) is 0 Å². The molecular weight excluding hydrogens is 391 g/mol. The number of ether oxygens (including phenoxy) is 1. The number of nitrogens with one attached hydrogen (secondary N) is 2. The third-order valence-electron chi connectivity index (χ3n) is 8.51. The van der Waals surface area contributed by atoms with E-state index in [9.17, 15) is 4.79 Å². The van der Waals surface area contributed by atoms with Crippen LogP contribution in [0.1, 0.15) is 45.6 Å². The van der Waals surface area contributed by atoms with Crippen LogP contribution in [0.15, 0.2) is 30.3 Å². The van der Waals surface area contributed by atoms with E-state index in [-0.39, 0.29) is 23.7 Å². The molecule has 5 aliphatic rings. The standard InChI is InChI=1S/C24H35BN2O4/c1-23(2)18-12-19(23)24(3)20(13-18)30-25(31-24)21(11-16-7-5-4-6-8-16)27-22(28)29-15-17-9-10-26-14-17/h4-8,17-21,26H,9-15H2,1-3H3,(H,27,28)/t17?,18-,19-,20+,21-,24-/m0/s1.